The minimum Gasteiger partial charge on any atom is -0.307 e. The van der Waals surface area contributed by atoms with Gasteiger partial charge in [0.1, 0.15) is 0 Å². The first-order chi connectivity index (χ1) is 6.79. The number of fused-ring (bicyclic) bond motifs is 3. The number of carbonyl (C=O) groups is 1. The van der Waals surface area contributed by atoms with Gasteiger partial charge >= 0.3 is 0 Å². The van der Waals surface area contributed by atoms with E-state index < -0.39 is 0 Å². The maximum Gasteiger partial charge on any atom is 0.258 e. The zero-order valence-electron chi connectivity index (χ0n) is 8.08. The van der Waals surface area contributed by atoms with Crippen LogP contribution in [0.15, 0.2) is 29.8 Å². The Morgan fingerprint density at radius 1 is 1.21 bits per heavy atom. The third-order valence-electron chi connectivity index (χ3n) is 3.04. The Hall–Kier alpha value is -1.57. The predicted octanol–water partition coefficient (Wildman–Crippen LogP) is 2.28. The average molecular weight is 185 g/mol. The van der Waals surface area contributed by atoms with Crippen molar-refractivity contribution in [3.05, 3.63) is 41.0 Å². The highest BCUT2D eigenvalue weighted by Gasteiger charge is 2.35. The summed E-state index contributed by atoms with van der Waals surface area (Å²) < 4.78 is 0. The van der Waals surface area contributed by atoms with Gasteiger partial charge in [-0.1, -0.05) is 18.2 Å². The molecule has 0 N–H and O–H groups in total. The minimum atomic E-state index is 0.174. The molecule has 3 rings (SSSR count). The molecule has 1 aromatic rings. The third kappa shape index (κ3) is 0.782. The van der Waals surface area contributed by atoms with E-state index in [4.69, 9.17) is 0 Å². The van der Waals surface area contributed by atoms with Crippen molar-refractivity contribution in [3.8, 4) is 0 Å². The molecule has 0 saturated carbocycles. The SMILES string of the molecule is CC1=C2c3ccccc3C(=O)N2CC1. The zero-order valence-corrected chi connectivity index (χ0v) is 8.08. The summed E-state index contributed by atoms with van der Waals surface area (Å²) >= 11 is 0. The standard InChI is InChI=1S/C12H11NO/c1-8-6-7-13-11(8)9-4-2-3-5-10(9)12(13)14/h2-5H,6-7H2,1H3. The number of hydrogen-bond acceptors (Lipinski definition) is 1. The Balaban J connectivity index is 2.31. The molecular formula is C12H11NO. The summed E-state index contributed by atoms with van der Waals surface area (Å²) in [5.74, 6) is 0.174. The Kier molecular flexibility index (Phi) is 1.38. The summed E-state index contributed by atoms with van der Waals surface area (Å²) in [5.41, 5.74) is 4.47. The van der Waals surface area contributed by atoms with E-state index in [1.165, 1.54) is 5.57 Å². The molecule has 1 amide bonds. The average Bonchev–Trinajstić information content (AvgIpc) is 2.70. The summed E-state index contributed by atoms with van der Waals surface area (Å²) in [6, 6.07) is 7.87. The number of hydrogen-bond donors (Lipinski definition) is 0. The van der Waals surface area contributed by atoms with Crippen LogP contribution in [0.5, 0.6) is 0 Å². The second-order valence-corrected chi connectivity index (χ2v) is 3.88. The zero-order chi connectivity index (χ0) is 9.71. The molecule has 0 bridgehead atoms. The molecule has 0 saturated heterocycles. The molecule has 2 heteroatoms. The summed E-state index contributed by atoms with van der Waals surface area (Å²) in [4.78, 5) is 13.8. The molecule has 2 heterocycles. The van der Waals surface area contributed by atoms with Gasteiger partial charge in [-0.2, -0.15) is 0 Å². The molecule has 0 radical (unpaired) electrons. The van der Waals surface area contributed by atoms with E-state index in [1.54, 1.807) is 0 Å². The van der Waals surface area contributed by atoms with Gasteiger partial charge in [-0.25, -0.2) is 0 Å². The van der Waals surface area contributed by atoms with Gasteiger partial charge in [0.15, 0.2) is 0 Å². The lowest BCUT2D eigenvalue weighted by atomic mass is 10.1. The van der Waals surface area contributed by atoms with Crippen molar-refractivity contribution in [2.45, 2.75) is 13.3 Å². The molecule has 2 aliphatic heterocycles. The quantitative estimate of drug-likeness (QED) is 0.607. The van der Waals surface area contributed by atoms with Crippen molar-refractivity contribution < 1.29 is 4.79 Å². The normalized spacial score (nSPS) is 18.9. The van der Waals surface area contributed by atoms with Gasteiger partial charge in [-0.05, 0) is 25.0 Å². The second-order valence-electron chi connectivity index (χ2n) is 3.88. The summed E-state index contributed by atoms with van der Waals surface area (Å²) in [5, 5.41) is 0. The van der Waals surface area contributed by atoms with Crippen LogP contribution in [0.4, 0.5) is 0 Å². The van der Waals surface area contributed by atoms with Crippen molar-refractivity contribution in [3.63, 3.8) is 0 Å². The fourth-order valence-corrected chi connectivity index (χ4v) is 2.34. The molecule has 14 heavy (non-hydrogen) atoms. The van der Waals surface area contributed by atoms with E-state index in [1.807, 2.05) is 29.2 Å². The molecule has 0 spiro atoms. The molecule has 0 unspecified atom stereocenters. The van der Waals surface area contributed by atoms with Crippen LogP contribution in [0.2, 0.25) is 0 Å². The highest BCUT2D eigenvalue weighted by molar-refractivity contribution is 6.10. The van der Waals surface area contributed by atoms with Crippen molar-refractivity contribution in [1.82, 2.24) is 4.90 Å². The summed E-state index contributed by atoms with van der Waals surface area (Å²) in [7, 11) is 0. The maximum absolute atomic E-state index is 11.9. The fourth-order valence-electron chi connectivity index (χ4n) is 2.34. The van der Waals surface area contributed by atoms with E-state index in [0.29, 0.717) is 0 Å². The summed E-state index contributed by atoms with van der Waals surface area (Å²) in [6.07, 6.45) is 1.02. The van der Waals surface area contributed by atoms with Crippen LogP contribution in [-0.2, 0) is 0 Å². The molecule has 0 atom stereocenters. The van der Waals surface area contributed by atoms with Crippen LogP contribution in [0.25, 0.3) is 5.70 Å². The Bertz CT molecular complexity index is 459. The molecule has 1 aromatic carbocycles. The number of benzene rings is 1. The van der Waals surface area contributed by atoms with Gasteiger partial charge in [0.05, 0.1) is 5.70 Å². The number of amides is 1. The highest BCUT2D eigenvalue weighted by Crippen LogP contribution is 2.39. The van der Waals surface area contributed by atoms with Gasteiger partial charge in [0.25, 0.3) is 5.91 Å². The van der Waals surface area contributed by atoms with Gasteiger partial charge < -0.3 is 4.90 Å². The summed E-state index contributed by atoms with van der Waals surface area (Å²) in [6.45, 7) is 2.97. The smallest absolute Gasteiger partial charge is 0.258 e. The molecule has 2 aliphatic rings. The predicted molar refractivity (Wildman–Crippen MR) is 54.7 cm³/mol. The van der Waals surface area contributed by atoms with Crippen LogP contribution in [-0.4, -0.2) is 17.4 Å². The van der Waals surface area contributed by atoms with E-state index in [9.17, 15) is 4.79 Å². The fraction of sp³-hybridized carbons (Fsp3) is 0.250. The van der Waals surface area contributed by atoms with E-state index >= 15 is 0 Å². The number of rotatable bonds is 0. The first kappa shape index (κ1) is 7.80. The Labute approximate surface area is 82.8 Å². The maximum atomic E-state index is 11.9. The molecule has 70 valence electrons. The van der Waals surface area contributed by atoms with Crippen molar-refractivity contribution in [2.75, 3.05) is 6.54 Å². The lowest BCUT2D eigenvalue weighted by Gasteiger charge is -2.09. The molecule has 2 nitrogen and oxygen atoms in total. The van der Waals surface area contributed by atoms with Gasteiger partial charge in [-0.15, -0.1) is 0 Å². The molecule has 0 fully saturated rings. The highest BCUT2D eigenvalue weighted by atomic mass is 16.2. The van der Waals surface area contributed by atoms with Crippen molar-refractivity contribution in [1.29, 1.82) is 0 Å². The van der Waals surface area contributed by atoms with E-state index in [-0.39, 0.29) is 5.91 Å². The van der Waals surface area contributed by atoms with Crippen LogP contribution >= 0.6 is 0 Å². The van der Waals surface area contributed by atoms with Crippen LogP contribution in [0.3, 0.4) is 0 Å². The first-order valence-corrected chi connectivity index (χ1v) is 4.90. The van der Waals surface area contributed by atoms with Gasteiger partial charge in [-0.3, -0.25) is 4.79 Å². The largest absolute Gasteiger partial charge is 0.307 e. The molecule has 0 aliphatic carbocycles. The number of nitrogens with zero attached hydrogens (tertiary/aromatic N) is 1. The van der Waals surface area contributed by atoms with Crippen LogP contribution < -0.4 is 0 Å². The topological polar surface area (TPSA) is 20.3 Å². The van der Waals surface area contributed by atoms with Crippen LogP contribution in [0, 0.1) is 0 Å². The van der Waals surface area contributed by atoms with E-state index in [0.717, 1.165) is 29.8 Å². The third-order valence-corrected chi connectivity index (χ3v) is 3.04. The lowest BCUT2D eigenvalue weighted by Crippen LogP contribution is -2.20. The molecule has 0 aromatic heterocycles. The first-order valence-electron chi connectivity index (χ1n) is 4.90. The van der Waals surface area contributed by atoms with Crippen LogP contribution in [0.1, 0.15) is 29.3 Å². The monoisotopic (exact) mass is 185 g/mol. The Morgan fingerprint density at radius 3 is 2.71 bits per heavy atom. The van der Waals surface area contributed by atoms with Gasteiger partial charge in [0.2, 0.25) is 0 Å². The van der Waals surface area contributed by atoms with Crippen molar-refractivity contribution in [2.24, 2.45) is 0 Å². The van der Waals surface area contributed by atoms with Gasteiger partial charge in [0, 0.05) is 17.7 Å². The Morgan fingerprint density at radius 2 is 1.93 bits per heavy atom. The van der Waals surface area contributed by atoms with E-state index in [2.05, 4.69) is 6.92 Å². The lowest BCUT2D eigenvalue weighted by molar-refractivity contribution is 0.0858. The van der Waals surface area contributed by atoms with Crippen molar-refractivity contribution >= 4 is 11.6 Å². The minimum absolute atomic E-state index is 0.174. The molecular weight excluding hydrogens is 174 g/mol. The number of carbonyl (C=O) groups excluding carboxylic acids is 1. The second kappa shape index (κ2) is 2.47.